The van der Waals surface area contributed by atoms with Crippen molar-refractivity contribution in [2.75, 3.05) is 0 Å². The summed E-state index contributed by atoms with van der Waals surface area (Å²) in [6.07, 6.45) is 3.12. The minimum absolute atomic E-state index is 0.0132. The second-order valence-corrected chi connectivity index (χ2v) is 6.08. The lowest BCUT2D eigenvalue weighted by atomic mass is 10.1. The summed E-state index contributed by atoms with van der Waals surface area (Å²) in [6, 6.07) is 9.00. The van der Waals surface area contributed by atoms with E-state index in [0.29, 0.717) is 18.1 Å². The highest BCUT2D eigenvalue weighted by Gasteiger charge is 2.23. The molecule has 7 nitrogen and oxygen atoms in total. The minimum Gasteiger partial charge on any atom is -0.486 e. The number of benzene rings is 1. The first-order valence-corrected chi connectivity index (χ1v) is 8.32. The molecular weight excluding hydrogens is 339 g/mol. The monoisotopic (exact) mass is 356 g/mol. The highest BCUT2D eigenvalue weighted by atomic mass is 19.1. The fourth-order valence-corrected chi connectivity index (χ4v) is 2.87. The van der Waals surface area contributed by atoms with Crippen molar-refractivity contribution in [1.82, 2.24) is 20.1 Å². The molecule has 1 amide bonds. The molecule has 4 rings (SSSR count). The van der Waals surface area contributed by atoms with Gasteiger partial charge in [-0.2, -0.15) is 5.10 Å². The maximum Gasteiger partial charge on any atom is 0.287 e. The van der Waals surface area contributed by atoms with E-state index < -0.39 is 0 Å². The Balaban J connectivity index is 1.32. The lowest BCUT2D eigenvalue weighted by Gasteiger charge is -2.23. The standard InChI is InChI=1S/C18H17FN4O3/c19-12-1-4-14(5-2-12)25-10-15-6-7-16(26-15)18(24)22-13-3-8-17-20-11-21-23(17)9-13/h1-2,4-7,11,13H,3,8-10H2,(H,22,24). The topological polar surface area (TPSA) is 82.2 Å². The van der Waals surface area contributed by atoms with Crippen LogP contribution in [0.4, 0.5) is 4.39 Å². The number of hydrogen-bond acceptors (Lipinski definition) is 5. The summed E-state index contributed by atoms with van der Waals surface area (Å²) in [5.74, 6) is 1.61. The van der Waals surface area contributed by atoms with Crippen LogP contribution in [0.1, 0.15) is 28.6 Å². The van der Waals surface area contributed by atoms with E-state index in [1.54, 1.807) is 16.8 Å². The molecule has 3 aromatic rings. The molecule has 2 aromatic heterocycles. The van der Waals surface area contributed by atoms with Gasteiger partial charge in [0.15, 0.2) is 5.76 Å². The Kier molecular flexibility index (Phi) is 4.39. The number of nitrogens with one attached hydrogen (secondary N) is 1. The predicted octanol–water partition coefficient (Wildman–Crippen LogP) is 2.33. The molecule has 1 aliphatic heterocycles. The zero-order chi connectivity index (χ0) is 17.9. The zero-order valence-corrected chi connectivity index (χ0v) is 13.9. The molecule has 0 spiro atoms. The van der Waals surface area contributed by atoms with Gasteiger partial charge in [-0.1, -0.05) is 0 Å². The third-order valence-electron chi connectivity index (χ3n) is 4.22. The van der Waals surface area contributed by atoms with Crippen molar-refractivity contribution in [2.24, 2.45) is 0 Å². The number of aryl methyl sites for hydroxylation is 1. The largest absolute Gasteiger partial charge is 0.486 e. The second-order valence-electron chi connectivity index (χ2n) is 6.08. The number of halogens is 1. The number of ether oxygens (including phenoxy) is 1. The first kappa shape index (κ1) is 16.3. The summed E-state index contributed by atoms with van der Waals surface area (Å²) >= 11 is 0. The lowest BCUT2D eigenvalue weighted by Crippen LogP contribution is -2.41. The predicted molar refractivity (Wildman–Crippen MR) is 89.0 cm³/mol. The van der Waals surface area contributed by atoms with Gasteiger partial charge in [-0.3, -0.25) is 4.79 Å². The van der Waals surface area contributed by atoms with Gasteiger partial charge in [-0.05, 0) is 42.8 Å². The first-order valence-electron chi connectivity index (χ1n) is 8.32. The molecule has 1 aliphatic rings. The average molecular weight is 356 g/mol. The van der Waals surface area contributed by atoms with Crippen LogP contribution in [0.3, 0.4) is 0 Å². The molecule has 1 N–H and O–H groups in total. The van der Waals surface area contributed by atoms with E-state index in [1.807, 2.05) is 0 Å². The number of aromatic nitrogens is 3. The van der Waals surface area contributed by atoms with Crippen LogP contribution in [0.2, 0.25) is 0 Å². The van der Waals surface area contributed by atoms with Crippen LogP contribution < -0.4 is 10.1 Å². The summed E-state index contributed by atoms with van der Waals surface area (Å²) in [5, 5.41) is 7.10. The van der Waals surface area contributed by atoms with E-state index in [0.717, 1.165) is 18.7 Å². The zero-order valence-electron chi connectivity index (χ0n) is 13.9. The van der Waals surface area contributed by atoms with Gasteiger partial charge in [-0.15, -0.1) is 0 Å². The van der Waals surface area contributed by atoms with E-state index in [1.165, 1.54) is 30.6 Å². The van der Waals surface area contributed by atoms with Crippen LogP contribution in [-0.2, 0) is 19.6 Å². The molecule has 0 fully saturated rings. The van der Waals surface area contributed by atoms with Gasteiger partial charge in [0, 0.05) is 12.5 Å². The molecule has 1 aromatic carbocycles. The Hall–Kier alpha value is -3.16. The van der Waals surface area contributed by atoms with Gasteiger partial charge in [-0.25, -0.2) is 14.1 Å². The Morgan fingerprint density at radius 2 is 2.15 bits per heavy atom. The van der Waals surface area contributed by atoms with Crippen LogP contribution in [0, 0.1) is 5.82 Å². The number of furan rings is 1. The number of nitrogens with zero attached hydrogens (tertiary/aromatic N) is 3. The molecule has 0 aliphatic carbocycles. The van der Waals surface area contributed by atoms with Gasteiger partial charge >= 0.3 is 0 Å². The molecule has 134 valence electrons. The molecule has 1 atom stereocenters. The third-order valence-corrected chi connectivity index (χ3v) is 4.22. The third kappa shape index (κ3) is 3.58. The number of fused-ring (bicyclic) bond motifs is 1. The maximum absolute atomic E-state index is 12.9. The Bertz CT molecular complexity index is 903. The van der Waals surface area contributed by atoms with Crippen molar-refractivity contribution >= 4 is 5.91 Å². The van der Waals surface area contributed by atoms with Crippen LogP contribution in [-0.4, -0.2) is 26.7 Å². The van der Waals surface area contributed by atoms with Crippen LogP contribution >= 0.6 is 0 Å². The van der Waals surface area contributed by atoms with Crippen molar-refractivity contribution in [3.05, 3.63) is 65.9 Å². The van der Waals surface area contributed by atoms with E-state index >= 15 is 0 Å². The van der Waals surface area contributed by atoms with Crippen molar-refractivity contribution in [3.8, 4) is 5.75 Å². The molecule has 26 heavy (non-hydrogen) atoms. The maximum atomic E-state index is 12.9. The van der Waals surface area contributed by atoms with Gasteiger partial charge < -0.3 is 14.5 Å². The van der Waals surface area contributed by atoms with Crippen LogP contribution in [0.5, 0.6) is 5.75 Å². The SMILES string of the molecule is O=C(NC1CCc2ncnn2C1)c1ccc(COc2ccc(F)cc2)o1. The van der Waals surface area contributed by atoms with Crippen LogP contribution in [0.25, 0.3) is 0 Å². The Labute approximate surface area is 148 Å². The fourth-order valence-electron chi connectivity index (χ4n) is 2.87. The molecular formula is C18H17FN4O3. The molecule has 0 saturated heterocycles. The summed E-state index contributed by atoms with van der Waals surface area (Å²) in [4.78, 5) is 16.5. The van der Waals surface area contributed by atoms with Crippen molar-refractivity contribution in [3.63, 3.8) is 0 Å². The Morgan fingerprint density at radius 3 is 3.00 bits per heavy atom. The summed E-state index contributed by atoms with van der Waals surface area (Å²) in [6.45, 7) is 0.757. The van der Waals surface area contributed by atoms with Crippen molar-refractivity contribution in [1.29, 1.82) is 0 Å². The van der Waals surface area contributed by atoms with Crippen molar-refractivity contribution < 1.29 is 18.3 Å². The van der Waals surface area contributed by atoms with Gasteiger partial charge in [0.2, 0.25) is 0 Å². The highest BCUT2D eigenvalue weighted by Crippen LogP contribution is 2.16. The molecule has 0 saturated carbocycles. The average Bonchev–Trinajstić information content (AvgIpc) is 3.30. The number of carbonyl (C=O) groups is 1. The summed E-state index contributed by atoms with van der Waals surface area (Å²) in [7, 11) is 0. The van der Waals surface area contributed by atoms with Crippen LogP contribution in [0.15, 0.2) is 47.1 Å². The molecule has 1 unspecified atom stereocenters. The molecule has 8 heteroatoms. The normalized spacial score (nSPS) is 16.1. The van der Waals surface area contributed by atoms with E-state index in [-0.39, 0.29) is 30.1 Å². The smallest absolute Gasteiger partial charge is 0.287 e. The van der Waals surface area contributed by atoms with E-state index in [2.05, 4.69) is 15.4 Å². The molecule has 0 bridgehead atoms. The molecule has 3 heterocycles. The summed E-state index contributed by atoms with van der Waals surface area (Å²) in [5.41, 5.74) is 0. The van der Waals surface area contributed by atoms with E-state index in [9.17, 15) is 9.18 Å². The van der Waals surface area contributed by atoms with Crippen molar-refractivity contribution in [2.45, 2.75) is 32.0 Å². The summed E-state index contributed by atoms with van der Waals surface area (Å²) < 4.78 is 25.7. The number of amides is 1. The van der Waals surface area contributed by atoms with E-state index in [4.69, 9.17) is 9.15 Å². The van der Waals surface area contributed by atoms with Gasteiger partial charge in [0.05, 0.1) is 6.54 Å². The minimum atomic E-state index is -0.324. The quantitative estimate of drug-likeness (QED) is 0.759. The number of carbonyl (C=O) groups excluding carboxylic acids is 1. The fraction of sp³-hybridized carbons (Fsp3) is 0.278. The molecule has 0 radical (unpaired) electrons. The first-order chi connectivity index (χ1) is 12.7. The highest BCUT2D eigenvalue weighted by molar-refractivity contribution is 5.91. The number of hydrogen-bond donors (Lipinski definition) is 1. The van der Waals surface area contributed by atoms with Gasteiger partial charge in [0.1, 0.15) is 36.1 Å². The Morgan fingerprint density at radius 1 is 1.31 bits per heavy atom. The number of rotatable bonds is 5. The second kappa shape index (κ2) is 6.99. The lowest BCUT2D eigenvalue weighted by molar-refractivity contribution is 0.0894. The van der Waals surface area contributed by atoms with Gasteiger partial charge in [0.25, 0.3) is 5.91 Å².